The number of alkyl halides is 6. The first-order chi connectivity index (χ1) is 7.79. The molecule has 2 N–H and O–H groups in total. The molecule has 2 nitrogen and oxygen atoms in total. The summed E-state index contributed by atoms with van der Waals surface area (Å²) in [6.45, 7) is 4.69. The predicted molar refractivity (Wildman–Crippen MR) is 85.0 cm³/mol. The van der Waals surface area contributed by atoms with Gasteiger partial charge in [-0.15, -0.1) is 0 Å². The summed E-state index contributed by atoms with van der Waals surface area (Å²) in [6.07, 6.45) is 2.08. The van der Waals surface area contributed by atoms with Crippen molar-refractivity contribution < 1.29 is 21.2 Å². The van der Waals surface area contributed by atoms with Crippen molar-refractivity contribution in [1.29, 1.82) is 0 Å². The molecule has 3 rings (SSSR count). The summed E-state index contributed by atoms with van der Waals surface area (Å²) in [7, 11) is 0. The quantitative estimate of drug-likeness (QED) is 0.255. The molecule has 0 bridgehead atoms. The van der Waals surface area contributed by atoms with E-state index in [1.54, 1.807) is 2.43 Å². The number of nitrogens with one attached hydrogen (secondary N) is 2. The topological polar surface area (TPSA) is 24.1 Å². The molecule has 4 atom stereocenters. The van der Waals surface area contributed by atoms with Crippen LogP contribution in [0, 0.1) is 0 Å². The number of hydrogen-bond donors (Lipinski definition) is 2. The molecule has 3 aliphatic rings. The Bertz CT molecular complexity index is 294. The van der Waals surface area contributed by atoms with Gasteiger partial charge in [-0.05, 0) is 0 Å². The van der Waals surface area contributed by atoms with Crippen LogP contribution < -0.4 is 31.8 Å². The van der Waals surface area contributed by atoms with Gasteiger partial charge in [0.15, 0.2) is 0 Å². The summed E-state index contributed by atoms with van der Waals surface area (Å²) in [5.41, 5.74) is 0. The molecule has 3 aliphatic heterocycles. The molecule has 1 spiro atoms. The Balaban J connectivity index is 1.73. The molecule has 0 amide bonds. The van der Waals surface area contributed by atoms with Crippen molar-refractivity contribution in [2.75, 3.05) is 11.3 Å². The monoisotopic (exact) mass is 561 g/mol. The maximum absolute atomic E-state index is 3.98. The SMILES string of the molecule is CC[I-]C[C@@H]1N[C@H](C)NC12C1CC=ICI12. The number of halogens is 3. The summed E-state index contributed by atoms with van der Waals surface area (Å²) in [4.78, 5) is 0. The van der Waals surface area contributed by atoms with Gasteiger partial charge in [0.1, 0.15) is 0 Å². The van der Waals surface area contributed by atoms with Crippen molar-refractivity contribution in [1.82, 2.24) is 10.6 Å². The average Bonchev–Trinajstić information content (AvgIpc) is 2.79. The number of hydrogen-bond acceptors (Lipinski definition) is 2. The third-order valence-corrected chi connectivity index (χ3v) is 21.4. The molecule has 2 fully saturated rings. The van der Waals surface area contributed by atoms with Crippen LogP contribution in [-0.4, -0.2) is 35.0 Å². The van der Waals surface area contributed by atoms with Gasteiger partial charge in [0.2, 0.25) is 0 Å². The van der Waals surface area contributed by atoms with Gasteiger partial charge in [0.25, 0.3) is 0 Å². The third kappa shape index (κ3) is 2.03. The minimum absolute atomic E-state index is 0.468. The fourth-order valence-electron chi connectivity index (χ4n) is 2.85. The zero-order valence-electron chi connectivity index (χ0n) is 9.77. The molecule has 5 heteroatoms. The Morgan fingerprint density at radius 1 is 1.62 bits per heavy atom. The molecule has 0 aliphatic carbocycles. The summed E-state index contributed by atoms with van der Waals surface area (Å²) < 4.78 is 9.20. The Hall–Kier alpha value is 1.98. The summed E-state index contributed by atoms with van der Waals surface area (Å²) in [6, 6.07) is 0.876. The van der Waals surface area contributed by atoms with Gasteiger partial charge in [-0.2, -0.15) is 0 Å². The number of rotatable bonds is 3. The van der Waals surface area contributed by atoms with E-state index < -0.39 is 19.8 Å². The van der Waals surface area contributed by atoms with E-state index in [9.17, 15) is 0 Å². The zero-order chi connectivity index (χ0) is 11.2. The van der Waals surface area contributed by atoms with Crippen molar-refractivity contribution in [2.45, 2.75) is 39.9 Å². The molecule has 0 radical (unpaired) electrons. The normalized spacial score (nSPS) is 48.1. The van der Waals surface area contributed by atoms with Gasteiger partial charge in [-0.1, -0.05) is 0 Å². The first kappa shape index (κ1) is 13.0. The first-order valence-corrected chi connectivity index (χ1v) is 15.6. The third-order valence-electron chi connectivity index (χ3n) is 3.55. The molecule has 3 heterocycles. The molecule has 0 aromatic rings. The fraction of sp³-hybridized carbons (Fsp3) is 0.909. The standard InChI is InChI=1S/C11H20I3N2/c1-3-12-6-10-11(16-8(2)15-10)9-4-5-13-7-14(9)11/h5,8-10,15-16H,3-4,6-7H2,1-2H3/q-1/t8-,9?,10-,11?/m0/s1. The van der Waals surface area contributed by atoms with Crippen LogP contribution in [0.5, 0.6) is 0 Å². The second-order valence-electron chi connectivity index (χ2n) is 4.47. The van der Waals surface area contributed by atoms with Crippen molar-refractivity contribution >= 4 is 44.6 Å². The molecule has 2 saturated heterocycles. The van der Waals surface area contributed by atoms with Crippen LogP contribution in [-0.2, 0) is 0 Å². The van der Waals surface area contributed by atoms with Crippen LogP contribution in [0.3, 0.4) is 0 Å². The number of fused-ring (bicyclic) bond motifs is 3. The molecule has 0 saturated carbocycles. The molecular weight excluding hydrogens is 541 g/mol. The van der Waals surface area contributed by atoms with Crippen LogP contribution >= 0.6 is 40.6 Å². The maximum atomic E-state index is 3.98. The van der Waals surface area contributed by atoms with Gasteiger partial charge >= 0.3 is 128 Å². The second kappa shape index (κ2) is 5.16. The van der Waals surface area contributed by atoms with Crippen molar-refractivity contribution in [3.05, 3.63) is 0 Å². The van der Waals surface area contributed by atoms with Crippen LogP contribution in [0.2, 0.25) is 0 Å². The zero-order valence-corrected chi connectivity index (χ0v) is 16.2. The van der Waals surface area contributed by atoms with Crippen LogP contribution in [0.4, 0.5) is 0 Å². The Morgan fingerprint density at radius 2 is 2.50 bits per heavy atom. The summed E-state index contributed by atoms with van der Waals surface area (Å²) >= 11 is 0.402. The van der Waals surface area contributed by atoms with E-state index >= 15 is 0 Å². The van der Waals surface area contributed by atoms with E-state index in [2.05, 4.69) is 28.5 Å². The Labute approximate surface area is 126 Å². The average molecular weight is 561 g/mol. The Morgan fingerprint density at radius 3 is 3.19 bits per heavy atom. The van der Waals surface area contributed by atoms with Gasteiger partial charge in [0, 0.05) is 0 Å². The van der Waals surface area contributed by atoms with Crippen molar-refractivity contribution in [3.8, 4) is 0 Å². The molecule has 16 heavy (non-hydrogen) atoms. The first-order valence-electron chi connectivity index (χ1n) is 5.90. The predicted octanol–water partition coefficient (Wildman–Crippen LogP) is -1.28. The second-order valence-corrected chi connectivity index (χ2v) is 19.7. The molecular formula is C11H20I3N2-. The van der Waals surface area contributed by atoms with E-state index in [0.717, 1.165) is 9.97 Å². The van der Waals surface area contributed by atoms with Crippen LogP contribution in [0.15, 0.2) is 0 Å². The van der Waals surface area contributed by atoms with Gasteiger partial charge in [-0.3, -0.25) is 0 Å². The van der Waals surface area contributed by atoms with E-state index in [0.29, 0.717) is 51.6 Å². The van der Waals surface area contributed by atoms with E-state index in [-0.39, 0.29) is 0 Å². The minimum atomic E-state index is -0.576. The molecule has 96 valence electrons. The van der Waals surface area contributed by atoms with Gasteiger partial charge < -0.3 is 0 Å². The van der Waals surface area contributed by atoms with E-state index in [1.807, 2.05) is 0 Å². The van der Waals surface area contributed by atoms with Crippen molar-refractivity contribution in [2.24, 2.45) is 0 Å². The van der Waals surface area contributed by atoms with Gasteiger partial charge in [0.05, 0.1) is 0 Å². The van der Waals surface area contributed by atoms with Gasteiger partial charge in [-0.25, -0.2) is 0 Å². The molecule has 2 unspecified atom stereocenters. The fourth-order valence-corrected chi connectivity index (χ4v) is 26.2. The summed E-state index contributed by atoms with van der Waals surface area (Å²) in [5, 5.41) is 7.83. The van der Waals surface area contributed by atoms with Crippen molar-refractivity contribution in [3.63, 3.8) is 0 Å². The van der Waals surface area contributed by atoms with E-state index in [1.165, 1.54) is 15.3 Å². The Kier molecular flexibility index (Phi) is 4.19. The van der Waals surface area contributed by atoms with E-state index in [4.69, 9.17) is 0 Å². The molecule has 0 aromatic heterocycles. The summed E-state index contributed by atoms with van der Waals surface area (Å²) in [5.74, 6) is 0. The molecule has 0 aromatic carbocycles. The van der Waals surface area contributed by atoms with Crippen LogP contribution in [0.1, 0.15) is 20.3 Å². The van der Waals surface area contributed by atoms with Crippen LogP contribution in [0.25, 0.3) is 0 Å².